The lowest BCUT2D eigenvalue weighted by Crippen LogP contribution is -2.42. The van der Waals surface area contributed by atoms with E-state index in [2.05, 4.69) is 24.1 Å². The molecule has 1 unspecified atom stereocenters. The van der Waals surface area contributed by atoms with Crippen LogP contribution in [0.15, 0.2) is 17.6 Å². The molecule has 22 heavy (non-hydrogen) atoms. The van der Waals surface area contributed by atoms with Gasteiger partial charge in [-0.1, -0.05) is 13.8 Å². The highest BCUT2D eigenvalue weighted by Gasteiger charge is 2.31. The van der Waals surface area contributed by atoms with Crippen molar-refractivity contribution in [2.24, 2.45) is 11.8 Å². The third-order valence-corrected chi connectivity index (χ3v) is 5.52. The van der Waals surface area contributed by atoms with Crippen LogP contribution < -0.4 is 5.32 Å². The summed E-state index contributed by atoms with van der Waals surface area (Å²) in [6, 6.07) is 0. The van der Waals surface area contributed by atoms with Crippen LogP contribution in [0, 0.1) is 11.8 Å². The smallest absolute Gasteiger partial charge is 0.262 e. The number of halogens is 1. The Morgan fingerprint density at radius 2 is 2.18 bits per heavy atom. The molecule has 0 radical (unpaired) electrons. The van der Waals surface area contributed by atoms with Crippen molar-refractivity contribution in [3.8, 4) is 0 Å². The minimum atomic E-state index is -3.45. The normalized spacial score (nSPS) is 20.1. The zero-order chi connectivity index (χ0) is 15.5. The third kappa shape index (κ3) is 4.68. The van der Waals surface area contributed by atoms with Crippen LogP contribution in [0.5, 0.6) is 0 Å². The number of nitrogens with one attached hydrogen (secondary N) is 1. The summed E-state index contributed by atoms with van der Waals surface area (Å²) in [5.74, 6) is 0.848. The Bertz CT molecular complexity index is 557. The van der Waals surface area contributed by atoms with E-state index >= 15 is 0 Å². The summed E-state index contributed by atoms with van der Waals surface area (Å²) in [5.41, 5.74) is 0. The molecule has 1 aromatic heterocycles. The molecule has 0 saturated carbocycles. The molecule has 0 amide bonds. The van der Waals surface area contributed by atoms with Gasteiger partial charge in [-0.25, -0.2) is 13.4 Å². The highest BCUT2D eigenvalue weighted by atomic mass is 35.5. The van der Waals surface area contributed by atoms with Gasteiger partial charge in [-0.3, -0.25) is 0 Å². The van der Waals surface area contributed by atoms with E-state index in [9.17, 15) is 8.42 Å². The molecule has 128 valence electrons. The third-order valence-electron chi connectivity index (χ3n) is 3.76. The first-order valence-electron chi connectivity index (χ1n) is 7.60. The predicted octanol–water partition coefficient (Wildman–Crippen LogP) is 1.58. The van der Waals surface area contributed by atoms with Gasteiger partial charge in [0.1, 0.15) is 0 Å². The lowest BCUT2D eigenvalue weighted by Gasteiger charge is -2.31. The quantitative estimate of drug-likeness (QED) is 0.845. The number of hydrogen-bond donors (Lipinski definition) is 1. The van der Waals surface area contributed by atoms with Crippen molar-refractivity contribution < 1.29 is 8.42 Å². The maximum atomic E-state index is 12.7. The van der Waals surface area contributed by atoms with Gasteiger partial charge in [-0.15, -0.1) is 12.4 Å². The number of piperidine rings is 1. The van der Waals surface area contributed by atoms with E-state index in [0.717, 1.165) is 25.9 Å². The van der Waals surface area contributed by atoms with Gasteiger partial charge >= 0.3 is 0 Å². The molecule has 0 aromatic carbocycles. The van der Waals surface area contributed by atoms with Gasteiger partial charge in [-0.2, -0.15) is 4.31 Å². The van der Waals surface area contributed by atoms with Crippen molar-refractivity contribution in [3.63, 3.8) is 0 Å². The van der Waals surface area contributed by atoms with Crippen molar-refractivity contribution in [2.45, 2.75) is 38.3 Å². The summed E-state index contributed by atoms with van der Waals surface area (Å²) in [4.78, 5) is 4.10. The Hall–Kier alpha value is -0.630. The second-order valence-corrected chi connectivity index (χ2v) is 8.12. The first-order valence-corrected chi connectivity index (χ1v) is 9.04. The molecule has 1 fully saturated rings. The van der Waals surface area contributed by atoms with E-state index in [1.165, 1.54) is 0 Å². The summed E-state index contributed by atoms with van der Waals surface area (Å²) in [6.07, 6.45) is 5.26. The van der Waals surface area contributed by atoms with Crippen molar-refractivity contribution in [1.82, 2.24) is 19.2 Å². The fraction of sp³-hybridized carbons (Fsp3) is 0.786. The predicted molar refractivity (Wildman–Crippen MR) is 89.7 cm³/mol. The van der Waals surface area contributed by atoms with Crippen LogP contribution >= 0.6 is 12.4 Å². The van der Waals surface area contributed by atoms with E-state index < -0.39 is 10.0 Å². The average molecular weight is 351 g/mol. The molecule has 1 saturated heterocycles. The maximum absolute atomic E-state index is 12.7. The monoisotopic (exact) mass is 350 g/mol. The molecule has 1 N–H and O–H groups in total. The van der Waals surface area contributed by atoms with E-state index in [4.69, 9.17) is 0 Å². The van der Waals surface area contributed by atoms with Crippen LogP contribution in [-0.2, 0) is 16.6 Å². The topological polar surface area (TPSA) is 67.2 Å². The summed E-state index contributed by atoms with van der Waals surface area (Å²) >= 11 is 0. The molecule has 2 rings (SSSR count). The molecule has 2 heterocycles. The van der Waals surface area contributed by atoms with Crippen LogP contribution in [0.3, 0.4) is 0 Å². The number of imidazole rings is 1. The molecule has 8 heteroatoms. The van der Waals surface area contributed by atoms with Crippen LogP contribution in [-0.4, -0.2) is 49.0 Å². The van der Waals surface area contributed by atoms with Gasteiger partial charge in [0.05, 0.1) is 6.33 Å². The molecular weight excluding hydrogens is 324 g/mol. The SMILES string of the molecule is CNCC1CCCN(S(=O)(=O)c2cn(CC(C)C)cn2)C1.Cl. The van der Waals surface area contributed by atoms with Crippen LogP contribution in [0.25, 0.3) is 0 Å². The molecule has 1 aliphatic heterocycles. The molecule has 1 atom stereocenters. The molecule has 6 nitrogen and oxygen atoms in total. The largest absolute Gasteiger partial charge is 0.336 e. The van der Waals surface area contributed by atoms with Crippen molar-refractivity contribution in [1.29, 1.82) is 0 Å². The summed E-state index contributed by atoms with van der Waals surface area (Å²) in [7, 11) is -1.55. The number of hydrogen-bond acceptors (Lipinski definition) is 4. The number of nitrogens with zero attached hydrogens (tertiary/aromatic N) is 3. The summed E-state index contributed by atoms with van der Waals surface area (Å²) in [5, 5.41) is 3.31. The Morgan fingerprint density at radius 3 is 2.82 bits per heavy atom. The number of rotatable bonds is 6. The Morgan fingerprint density at radius 1 is 1.45 bits per heavy atom. The molecule has 0 aliphatic carbocycles. The van der Waals surface area contributed by atoms with Gasteiger partial charge < -0.3 is 9.88 Å². The van der Waals surface area contributed by atoms with Gasteiger partial charge in [0.2, 0.25) is 0 Å². The average Bonchev–Trinajstić information content (AvgIpc) is 2.88. The van der Waals surface area contributed by atoms with E-state index in [1.807, 2.05) is 11.6 Å². The fourth-order valence-corrected chi connectivity index (χ4v) is 4.32. The van der Waals surface area contributed by atoms with E-state index in [1.54, 1.807) is 16.8 Å². The summed E-state index contributed by atoms with van der Waals surface area (Å²) in [6.45, 7) is 7.01. The number of aromatic nitrogens is 2. The van der Waals surface area contributed by atoms with Crippen LogP contribution in [0.1, 0.15) is 26.7 Å². The van der Waals surface area contributed by atoms with Crippen molar-refractivity contribution in [2.75, 3.05) is 26.7 Å². The van der Waals surface area contributed by atoms with Gasteiger partial charge in [0.25, 0.3) is 10.0 Å². The van der Waals surface area contributed by atoms with Crippen molar-refractivity contribution >= 4 is 22.4 Å². The molecular formula is C14H27ClN4O2S. The van der Waals surface area contributed by atoms with Gasteiger partial charge in [0, 0.05) is 25.8 Å². The first kappa shape index (κ1) is 19.4. The molecule has 1 aromatic rings. The molecule has 0 bridgehead atoms. The van der Waals surface area contributed by atoms with E-state index in [0.29, 0.717) is 24.9 Å². The minimum Gasteiger partial charge on any atom is -0.336 e. The minimum absolute atomic E-state index is 0. The summed E-state index contributed by atoms with van der Waals surface area (Å²) < 4.78 is 28.8. The first-order chi connectivity index (χ1) is 9.93. The van der Waals surface area contributed by atoms with E-state index in [-0.39, 0.29) is 17.4 Å². The van der Waals surface area contributed by atoms with Crippen molar-refractivity contribution in [3.05, 3.63) is 12.5 Å². The Labute approximate surface area is 139 Å². The maximum Gasteiger partial charge on any atom is 0.262 e. The fourth-order valence-electron chi connectivity index (χ4n) is 2.83. The van der Waals surface area contributed by atoms with Crippen LogP contribution in [0.4, 0.5) is 0 Å². The lowest BCUT2D eigenvalue weighted by atomic mass is 10.00. The zero-order valence-electron chi connectivity index (χ0n) is 13.5. The highest BCUT2D eigenvalue weighted by molar-refractivity contribution is 7.89. The molecule has 1 aliphatic rings. The zero-order valence-corrected chi connectivity index (χ0v) is 15.2. The lowest BCUT2D eigenvalue weighted by molar-refractivity contribution is 0.263. The van der Waals surface area contributed by atoms with Crippen LogP contribution in [0.2, 0.25) is 0 Å². The highest BCUT2D eigenvalue weighted by Crippen LogP contribution is 2.22. The van der Waals surface area contributed by atoms with Gasteiger partial charge in [0.15, 0.2) is 5.03 Å². The second kappa shape index (κ2) is 8.29. The standard InChI is InChI=1S/C14H26N4O2S.ClH/c1-12(2)8-17-10-14(16-11-17)21(19,20)18-6-4-5-13(9-18)7-15-3;/h10-13,15H,4-9H2,1-3H3;1H. The number of sulfonamides is 1. The molecule has 0 spiro atoms. The van der Waals surface area contributed by atoms with Gasteiger partial charge in [-0.05, 0) is 38.3 Å². The Balaban J connectivity index is 0.00000242. The Kier molecular flexibility index (Phi) is 7.31. The second-order valence-electron chi connectivity index (χ2n) is 6.23.